The first kappa shape index (κ1) is 18.2. The van der Waals surface area contributed by atoms with Crippen molar-refractivity contribution in [1.29, 1.82) is 0 Å². The third-order valence-electron chi connectivity index (χ3n) is 3.41. The van der Waals surface area contributed by atoms with E-state index in [2.05, 4.69) is 18.8 Å². The van der Waals surface area contributed by atoms with Crippen LogP contribution in [0.2, 0.25) is 0 Å². The molecular weight excluding hydrogens is 281 g/mol. The molecule has 0 spiro atoms. The highest BCUT2D eigenvalue weighted by molar-refractivity contribution is 7.99. The summed E-state index contributed by atoms with van der Waals surface area (Å²) < 4.78 is 12.9. The molecule has 1 atom stereocenters. The van der Waals surface area contributed by atoms with Crippen LogP contribution in [0, 0.1) is 5.82 Å². The van der Waals surface area contributed by atoms with Crippen molar-refractivity contribution in [3.63, 3.8) is 0 Å². The average molecular weight is 309 g/mol. The second kappa shape index (κ2) is 11.8. The predicted molar refractivity (Wildman–Crippen MR) is 92.5 cm³/mol. The second-order valence-corrected chi connectivity index (χ2v) is 6.44. The number of halogens is 1. The molecule has 0 amide bonds. The van der Waals surface area contributed by atoms with Crippen molar-refractivity contribution < 1.29 is 4.39 Å². The van der Waals surface area contributed by atoms with Crippen LogP contribution in [0.25, 0.3) is 0 Å². The molecule has 1 rings (SSSR count). The molecule has 1 unspecified atom stereocenters. The van der Waals surface area contributed by atoms with Gasteiger partial charge in [-0.2, -0.15) is 0 Å². The fourth-order valence-electron chi connectivity index (χ4n) is 2.18. The molecule has 0 saturated heterocycles. The Bertz CT molecular complexity index is 377. The van der Waals surface area contributed by atoms with Crippen LogP contribution in [0.1, 0.15) is 45.4 Å². The lowest BCUT2D eigenvalue weighted by Crippen LogP contribution is -2.31. The van der Waals surface area contributed by atoms with Gasteiger partial charge >= 0.3 is 0 Å². The van der Waals surface area contributed by atoms with Gasteiger partial charge in [0.2, 0.25) is 0 Å². The van der Waals surface area contributed by atoms with Gasteiger partial charge in [-0.1, -0.05) is 25.8 Å². The van der Waals surface area contributed by atoms with Gasteiger partial charge in [0, 0.05) is 16.7 Å². The van der Waals surface area contributed by atoms with Crippen molar-refractivity contribution in [3.8, 4) is 0 Å². The largest absolute Gasteiger partial charge is 0.313 e. The molecule has 0 heterocycles. The molecule has 0 aliphatic carbocycles. The highest BCUT2D eigenvalue weighted by Crippen LogP contribution is 2.20. The number of benzene rings is 1. The number of rotatable bonds is 12. The van der Waals surface area contributed by atoms with Crippen LogP contribution >= 0.6 is 11.8 Å². The lowest BCUT2D eigenvalue weighted by Gasteiger charge is -2.18. The number of nitrogens with one attached hydrogen (secondary N) is 1. The fraction of sp³-hybridized carbons (Fsp3) is 0.556. The summed E-state index contributed by atoms with van der Waals surface area (Å²) in [6.45, 7) is 7.03. The lowest BCUT2D eigenvalue weighted by molar-refractivity contribution is 0.490. The smallest absolute Gasteiger partial charge is 0.123 e. The van der Waals surface area contributed by atoms with E-state index in [-0.39, 0.29) is 5.82 Å². The first-order valence-electron chi connectivity index (χ1n) is 7.99. The maximum absolute atomic E-state index is 12.9. The van der Waals surface area contributed by atoms with Crippen molar-refractivity contribution >= 4 is 11.8 Å². The second-order valence-electron chi connectivity index (χ2n) is 5.34. The zero-order valence-corrected chi connectivity index (χ0v) is 13.9. The maximum atomic E-state index is 12.9. The Kier molecular flexibility index (Phi) is 10.3. The Hall–Kier alpha value is -0.800. The summed E-state index contributed by atoms with van der Waals surface area (Å²) in [4.78, 5) is 1.14. The molecule has 1 aromatic carbocycles. The summed E-state index contributed by atoms with van der Waals surface area (Å²) in [6.07, 6.45) is 9.28. The molecule has 1 N–H and O–H groups in total. The molecule has 0 aliphatic rings. The third kappa shape index (κ3) is 8.94. The summed E-state index contributed by atoms with van der Waals surface area (Å²) in [5, 5.41) is 3.63. The van der Waals surface area contributed by atoms with E-state index in [1.165, 1.54) is 37.8 Å². The molecule has 21 heavy (non-hydrogen) atoms. The highest BCUT2D eigenvalue weighted by atomic mass is 32.2. The zero-order chi connectivity index (χ0) is 15.3. The van der Waals surface area contributed by atoms with Crippen LogP contribution in [-0.2, 0) is 0 Å². The summed E-state index contributed by atoms with van der Waals surface area (Å²) in [5.41, 5.74) is 0. The van der Waals surface area contributed by atoms with Crippen molar-refractivity contribution in [2.45, 2.75) is 56.4 Å². The highest BCUT2D eigenvalue weighted by Gasteiger charge is 2.08. The molecule has 0 radical (unpaired) electrons. The average Bonchev–Trinajstić information content (AvgIpc) is 2.50. The minimum absolute atomic E-state index is 0.165. The summed E-state index contributed by atoms with van der Waals surface area (Å²) in [5.74, 6) is 0.884. The van der Waals surface area contributed by atoms with Crippen molar-refractivity contribution in [2.24, 2.45) is 0 Å². The van der Waals surface area contributed by atoms with E-state index in [1.807, 2.05) is 30.0 Å². The lowest BCUT2D eigenvalue weighted by atomic mass is 10.1. The van der Waals surface area contributed by atoms with Gasteiger partial charge in [0.05, 0.1) is 0 Å². The summed E-state index contributed by atoms with van der Waals surface area (Å²) >= 11 is 1.81. The van der Waals surface area contributed by atoms with Gasteiger partial charge in [0.1, 0.15) is 5.82 Å². The van der Waals surface area contributed by atoms with Crippen molar-refractivity contribution in [3.05, 3.63) is 42.7 Å². The molecule has 0 aliphatic heterocycles. The van der Waals surface area contributed by atoms with E-state index < -0.39 is 0 Å². The minimum atomic E-state index is -0.165. The fourth-order valence-corrected chi connectivity index (χ4v) is 3.18. The number of unbranched alkanes of at least 4 members (excludes halogenated alkanes) is 3. The van der Waals surface area contributed by atoms with E-state index in [9.17, 15) is 4.39 Å². The first-order valence-corrected chi connectivity index (χ1v) is 8.97. The van der Waals surface area contributed by atoms with Crippen LogP contribution in [0.15, 0.2) is 41.8 Å². The van der Waals surface area contributed by atoms with Crippen molar-refractivity contribution in [1.82, 2.24) is 5.32 Å². The number of hydrogen-bond acceptors (Lipinski definition) is 2. The molecule has 1 nitrogen and oxygen atoms in total. The Morgan fingerprint density at radius 3 is 2.67 bits per heavy atom. The number of thioether (sulfide) groups is 1. The summed E-state index contributed by atoms with van der Waals surface area (Å²) in [7, 11) is 0. The summed E-state index contributed by atoms with van der Waals surface area (Å²) in [6, 6.07) is 7.34. The van der Waals surface area contributed by atoms with Gasteiger partial charge in [-0.05, 0) is 56.5 Å². The molecule has 118 valence electrons. The monoisotopic (exact) mass is 309 g/mol. The SMILES string of the molecule is C=CCCCCCC(CSc1ccc(F)cc1)NCCC. The van der Waals surface area contributed by atoms with E-state index in [0.29, 0.717) is 6.04 Å². The maximum Gasteiger partial charge on any atom is 0.123 e. The number of allylic oxidation sites excluding steroid dienone is 1. The van der Waals surface area contributed by atoms with Gasteiger partial charge in [-0.15, -0.1) is 18.3 Å². The van der Waals surface area contributed by atoms with Gasteiger partial charge in [-0.25, -0.2) is 4.39 Å². The van der Waals surface area contributed by atoms with Crippen LogP contribution in [-0.4, -0.2) is 18.3 Å². The van der Waals surface area contributed by atoms with E-state index >= 15 is 0 Å². The van der Waals surface area contributed by atoms with Gasteiger partial charge in [0.15, 0.2) is 0 Å². The molecule has 3 heteroatoms. The number of hydrogen-bond donors (Lipinski definition) is 1. The Morgan fingerprint density at radius 1 is 1.24 bits per heavy atom. The van der Waals surface area contributed by atoms with Gasteiger partial charge in [-0.3, -0.25) is 0 Å². The van der Waals surface area contributed by atoms with Crippen LogP contribution in [0.4, 0.5) is 4.39 Å². The quantitative estimate of drug-likeness (QED) is 0.314. The molecule has 0 bridgehead atoms. The van der Waals surface area contributed by atoms with Crippen LogP contribution in [0.5, 0.6) is 0 Å². The first-order chi connectivity index (χ1) is 10.3. The standard InChI is InChI=1S/C18H28FNS/c1-3-5-6-7-8-9-17(20-14-4-2)15-21-18-12-10-16(19)11-13-18/h3,10-13,17,20H,1,4-9,14-15H2,2H3. The Balaban J connectivity index is 2.30. The molecule has 0 saturated carbocycles. The minimum Gasteiger partial charge on any atom is -0.313 e. The Labute approximate surface area is 133 Å². The molecule has 0 aromatic heterocycles. The van der Waals surface area contributed by atoms with E-state index in [0.717, 1.165) is 30.0 Å². The topological polar surface area (TPSA) is 12.0 Å². The molecule has 1 aromatic rings. The zero-order valence-electron chi connectivity index (χ0n) is 13.1. The van der Waals surface area contributed by atoms with Gasteiger partial charge < -0.3 is 5.32 Å². The van der Waals surface area contributed by atoms with E-state index in [1.54, 1.807) is 0 Å². The Morgan fingerprint density at radius 2 is 2.00 bits per heavy atom. The predicted octanol–water partition coefficient (Wildman–Crippen LogP) is 5.42. The van der Waals surface area contributed by atoms with Crippen LogP contribution < -0.4 is 5.32 Å². The van der Waals surface area contributed by atoms with Gasteiger partial charge in [0.25, 0.3) is 0 Å². The third-order valence-corrected chi connectivity index (χ3v) is 4.58. The van der Waals surface area contributed by atoms with Crippen LogP contribution in [0.3, 0.4) is 0 Å². The van der Waals surface area contributed by atoms with E-state index in [4.69, 9.17) is 0 Å². The van der Waals surface area contributed by atoms with Crippen molar-refractivity contribution in [2.75, 3.05) is 12.3 Å². The molecule has 0 fully saturated rings. The molecular formula is C18H28FNS. The normalized spacial score (nSPS) is 12.3.